The highest BCUT2D eigenvalue weighted by Gasteiger charge is 2.14. The number of hydrogen-bond acceptors (Lipinski definition) is 4. The van der Waals surface area contributed by atoms with Crippen molar-refractivity contribution >= 4 is 0 Å². The maximum absolute atomic E-state index is 13.5. The lowest BCUT2D eigenvalue weighted by atomic mass is 10.1. The molecule has 1 aliphatic heterocycles. The molecular weight excluding hydrogens is 201 g/mol. The van der Waals surface area contributed by atoms with E-state index in [2.05, 4.69) is 4.84 Å². The first-order valence-electron chi connectivity index (χ1n) is 4.65. The second-order valence-corrected chi connectivity index (χ2v) is 3.28. The third-order valence-corrected chi connectivity index (χ3v) is 2.27. The third-order valence-electron chi connectivity index (χ3n) is 2.27. The SMILES string of the molecule is NOCCc1cc2c(cc1F)COCO2. The first kappa shape index (κ1) is 10.4. The summed E-state index contributed by atoms with van der Waals surface area (Å²) in [5, 5.41) is 0. The van der Waals surface area contributed by atoms with E-state index in [4.69, 9.17) is 15.4 Å². The zero-order chi connectivity index (χ0) is 10.7. The number of halogens is 1. The van der Waals surface area contributed by atoms with Crippen LogP contribution in [0.15, 0.2) is 12.1 Å². The van der Waals surface area contributed by atoms with Gasteiger partial charge in [0.15, 0.2) is 6.79 Å². The molecular formula is C10H12FNO3. The molecule has 2 rings (SSSR count). The van der Waals surface area contributed by atoms with Crippen LogP contribution in [0.2, 0.25) is 0 Å². The van der Waals surface area contributed by atoms with Gasteiger partial charge in [0.1, 0.15) is 11.6 Å². The highest BCUT2D eigenvalue weighted by molar-refractivity contribution is 5.39. The van der Waals surface area contributed by atoms with Crippen LogP contribution in [0, 0.1) is 5.82 Å². The number of hydrogen-bond donors (Lipinski definition) is 1. The third kappa shape index (κ3) is 2.26. The summed E-state index contributed by atoms with van der Waals surface area (Å²) in [6.45, 7) is 0.886. The second kappa shape index (κ2) is 4.57. The zero-order valence-electron chi connectivity index (χ0n) is 8.16. The summed E-state index contributed by atoms with van der Waals surface area (Å²) in [6, 6.07) is 3.10. The summed E-state index contributed by atoms with van der Waals surface area (Å²) in [7, 11) is 0. The van der Waals surface area contributed by atoms with Crippen molar-refractivity contribution in [1.29, 1.82) is 0 Å². The van der Waals surface area contributed by atoms with Gasteiger partial charge in [0.25, 0.3) is 0 Å². The fourth-order valence-corrected chi connectivity index (χ4v) is 1.50. The maximum atomic E-state index is 13.5. The molecule has 0 amide bonds. The lowest BCUT2D eigenvalue weighted by Gasteiger charge is -2.18. The van der Waals surface area contributed by atoms with Crippen molar-refractivity contribution in [2.75, 3.05) is 13.4 Å². The maximum Gasteiger partial charge on any atom is 0.189 e. The molecule has 5 heteroatoms. The van der Waals surface area contributed by atoms with Gasteiger partial charge in [0.05, 0.1) is 13.2 Å². The van der Waals surface area contributed by atoms with Gasteiger partial charge in [-0.3, -0.25) is 0 Å². The summed E-state index contributed by atoms with van der Waals surface area (Å²) in [4.78, 5) is 4.41. The molecule has 0 bridgehead atoms. The smallest absolute Gasteiger partial charge is 0.189 e. The van der Waals surface area contributed by atoms with E-state index in [-0.39, 0.29) is 19.2 Å². The number of nitrogens with two attached hydrogens (primary N) is 1. The van der Waals surface area contributed by atoms with Crippen LogP contribution in [-0.4, -0.2) is 13.4 Å². The Bertz CT molecular complexity index is 357. The number of benzene rings is 1. The van der Waals surface area contributed by atoms with E-state index in [1.165, 1.54) is 6.07 Å². The molecule has 1 aromatic rings. The Morgan fingerprint density at radius 3 is 3.13 bits per heavy atom. The van der Waals surface area contributed by atoms with Crippen molar-refractivity contribution in [3.8, 4) is 5.75 Å². The van der Waals surface area contributed by atoms with Gasteiger partial charge in [-0.15, -0.1) is 0 Å². The van der Waals surface area contributed by atoms with Crippen LogP contribution >= 0.6 is 0 Å². The minimum Gasteiger partial charge on any atom is -0.467 e. The van der Waals surface area contributed by atoms with Crippen LogP contribution in [0.3, 0.4) is 0 Å². The zero-order valence-corrected chi connectivity index (χ0v) is 8.16. The van der Waals surface area contributed by atoms with Crippen LogP contribution in [0.25, 0.3) is 0 Å². The van der Waals surface area contributed by atoms with E-state index in [1.807, 2.05) is 0 Å². The molecule has 0 radical (unpaired) electrons. The minimum absolute atomic E-state index is 0.214. The van der Waals surface area contributed by atoms with Crippen molar-refractivity contribution in [3.63, 3.8) is 0 Å². The molecule has 0 saturated carbocycles. The molecule has 0 aliphatic carbocycles. The average molecular weight is 213 g/mol. The number of fused-ring (bicyclic) bond motifs is 1. The molecule has 0 atom stereocenters. The highest BCUT2D eigenvalue weighted by Crippen LogP contribution is 2.27. The summed E-state index contributed by atoms with van der Waals surface area (Å²) in [6.07, 6.45) is 0.430. The lowest BCUT2D eigenvalue weighted by molar-refractivity contribution is -0.0166. The van der Waals surface area contributed by atoms with E-state index in [0.29, 0.717) is 24.3 Å². The fourth-order valence-electron chi connectivity index (χ4n) is 1.50. The van der Waals surface area contributed by atoms with Gasteiger partial charge in [-0.25, -0.2) is 10.3 Å². The Balaban J connectivity index is 2.24. The lowest BCUT2D eigenvalue weighted by Crippen LogP contribution is -2.13. The van der Waals surface area contributed by atoms with Gasteiger partial charge in [0.2, 0.25) is 0 Å². The molecule has 1 aliphatic rings. The van der Waals surface area contributed by atoms with Gasteiger partial charge in [-0.05, 0) is 17.7 Å². The Morgan fingerprint density at radius 1 is 1.47 bits per heavy atom. The summed E-state index contributed by atoms with van der Waals surface area (Å²) < 4.78 is 23.8. The molecule has 82 valence electrons. The predicted molar refractivity (Wildman–Crippen MR) is 50.5 cm³/mol. The highest BCUT2D eigenvalue weighted by atomic mass is 19.1. The molecule has 15 heavy (non-hydrogen) atoms. The van der Waals surface area contributed by atoms with Gasteiger partial charge < -0.3 is 14.3 Å². The van der Waals surface area contributed by atoms with Gasteiger partial charge >= 0.3 is 0 Å². The second-order valence-electron chi connectivity index (χ2n) is 3.28. The van der Waals surface area contributed by atoms with E-state index in [0.717, 1.165) is 5.56 Å². The first-order chi connectivity index (χ1) is 7.31. The molecule has 0 spiro atoms. The fraction of sp³-hybridized carbons (Fsp3) is 0.400. The van der Waals surface area contributed by atoms with Crippen LogP contribution in [0.5, 0.6) is 5.75 Å². The Hall–Kier alpha value is -1.17. The molecule has 0 unspecified atom stereocenters. The van der Waals surface area contributed by atoms with Crippen molar-refractivity contribution in [3.05, 3.63) is 29.1 Å². The standard InChI is InChI=1S/C10H12FNO3/c11-9-3-8-5-13-6-14-10(8)4-7(9)1-2-15-12/h3-4H,1-2,5-6,12H2. The number of rotatable bonds is 3. The molecule has 0 fully saturated rings. The van der Waals surface area contributed by atoms with Gasteiger partial charge in [-0.1, -0.05) is 0 Å². The van der Waals surface area contributed by atoms with Crippen molar-refractivity contribution in [1.82, 2.24) is 0 Å². The molecule has 2 N–H and O–H groups in total. The first-order valence-corrected chi connectivity index (χ1v) is 4.65. The monoisotopic (exact) mass is 213 g/mol. The van der Waals surface area contributed by atoms with Crippen molar-refractivity contribution in [2.24, 2.45) is 5.90 Å². The van der Waals surface area contributed by atoms with E-state index in [1.54, 1.807) is 6.07 Å². The van der Waals surface area contributed by atoms with E-state index >= 15 is 0 Å². The van der Waals surface area contributed by atoms with Crippen LogP contribution < -0.4 is 10.6 Å². The topological polar surface area (TPSA) is 53.7 Å². The molecule has 0 saturated heterocycles. The molecule has 4 nitrogen and oxygen atoms in total. The van der Waals surface area contributed by atoms with Gasteiger partial charge in [0, 0.05) is 12.0 Å². The normalized spacial score (nSPS) is 14.5. The Labute approximate surface area is 86.7 Å². The largest absolute Gasteiger partial charge is 0.467 e. The van der Waals surface area contributed by atoms with Crippen LogP contribution in [0.1, 0.15) is 11.1 Å². The van der Waals surface area contributed by atoms with Crippen LogP contribution in [-0.2, 0) is 22.6 Å². The quantitative estimate of drug-likeness (QED) is 0.764. The van der Waals surface area contributed by atoms with E-state index < -0.39 is 0 Å². The van der Waals surface area contributed by atoms with Crippen molar-refractivity contribution in [2.45, 2.75) is 13.0 Å². The molecule has 1 aromatic carbocycles. The summed E-state index contributed by atoms with van der Waals surface area (Å²) in [5.74, 6) is 5.29. The molecule has 1 heterocycles. The molecule has 0 aromatic heterocycles. The van der Waals surface area contributed by atoms with Gasteiger partial charge in [-0.2, -0.15) is 0 Å². The Kier molecular flexibility index (Phi) is 3.15. The Morgan fingerprint density at radius 2 is 2.33 bits per heavy atom. The minimum atomic E-state index is -0.278. The van der Waals surface area contributed by atoms with Crippen molar-refractivity contribution < 1.29 is 18.7 Å². The van der Waals surface area contributed by atoms with Crippen LogP contribution in [0.4, 0.5) is 4.39 Å². The summed E-state index contributed by atoms with van der Waals surface area (Å²) >= 11 is 0. The number of ether oxygens (including phenoxy) is 2. The average Bonchev–Trinajstić information content (AvgIpc) is 2.26. The predicted octanol–water partition coefficient (Wildman–Crippen LogP) is 1.12. The van der Waals surface area contributed by atoms with E-state index in [9.17, 15) is 4.39 Å². The summed E-state index contributed by atoms with van der Waals surface area (Å²) in [5.41, 5.74) is 1.28.